The second-order valence-corrected chi connectivity index (χ2v) is 6.83. The molecule has 0 bridgehead atoms. The number of carbonyl (C=O) groups excluding carboxylic acids is 1. The molecule has 3 rings (SSSR count). The summed E-state index contributed by atoms with van der Waals surface area (Å²) in [6.45, 7) is 5.62. The lowest BCUT2D eigenvalue weighted by atomic mass is 9.91. The summed E-state index contributed by atoms with van der Waals surface area (Å²) in [5.74, 6) is 1.28. The Kier molecular flexibility index (Phi) is 5.41. The number of rotatable bonds is 5. The maximum atomic E-state index is 12.8. The van der Waals surface area contributed by atoms with Crippen LogP contribution in [0.3, 0.4) is 0 Å². The number of benzene rings is 1. The SMILES string of the molecule is Cc1noc(C)c1[C@H](C)C(=O)N[C@H]1CCCC[C@H]1Oc1ccccc1. The maximum Gasteiger partial charge on any atom is 0.227 e. The van der Waals surface area contributed by atoms with Crippen molar-refractivity contribution in [1.29, 1.82) is 0 Å². The number of aromatic nitrogens is 1. The molecular formula is C20H26N2O3. The second kappa shape index (κ2) is 7.72. The smallest absolute Gasteiger partial charge is 0.227 e. The van der Waals surface area contributed by atoms with E-state index in [0.29, 0.717) is 5.76 Å². The van der Waals surface area contributed by atoms with Crippen LogP contribution in [0.2, 0.25) is 0 Å². The van der Waals surface area contributed by atoms with E-state index in [1.165, 1.54) is 0 Å². The molecule has 1 aromatic carbocycles. The van der Waals surface area contributed by atoms with Crippen LogP contribution in [0.5, 0.6) is 5.75 Å². The Hall–Kier alpha value is -2.30. The van der Waals surface area contributed by atoms with Crippen molar-refractivity contribution in [2.24, 2.45) is 0 Å². The highest BCUT2D eigenvalue weighted by Crippen LogP contribution is 2.27. The van der Waals surface area contributed by atoms with Crippen molar-refractivity contribution in [3.63, 3.8) is 0 Å². The van der Waals surface area contributed by atoms with Gasteiger partial charge >= 0.3 is 0 Å². The molecule has 2 aromatic rings. The van der Waals surface area contributed by atoms with Gasteiger partial charge in [-0.2, -0.15) is 0 Å². The van der Waals surface area contributed by atoms with Gasteiger partial charge in [-0.25, -0.2) is 0 Å². The van der Waals surface area contributed by atoms with E-state index < -0.39 is 0 Å². The Labute approximate surface area is 148 Å². The van der Waals surface area contributed by atoms with Crippen LogP contribution in [0.25, 0.3) is 0 Å². The van der Waals surface area contributed by atoms with Crippen LogP contribution >= 0.6 is 0 Å². The molecule has 1 aromatic heterocycles. The summed E-state index contributed by atoms with van der Waals surface area (Å²) in [7, 11) is 0. The van der Waals surface area contributed by atoms with Gasteiger partial charge in [-0.05, 0) is 52.2 Å². The van der Waals surface area contributed by atoms with Gasteiger partial charge in [0.25, 0.3) is 0 Å². The fourth-order valence-electron chi connectivity index (χ4n) is 3.62. The molecule has 1 fully saturated rings. The van der Waals surface area contributed by atoms with Gasteiger partial charge in [0.15, 0.2) is 0 Å². The highest BCUT2D eigenvalue weighted by atomic mass is 16.5. The summed E-state index contributed by atoms with van der Waals surface area (Å²) in [6.07, 6.45) is 4.15. The Morgan fingerprint density at radius 1 is 1.24 bits per heavy atom. The predicted octanol–water partition coefficient (Wildman–Crippen LogP) is 3.90. The Morgan fingerprint density at radius 3 is 2.64 bits per heavy atom. The number of para-hydroxylation sites is 1. The molecule has 1 amide bonds. The number of nitrogens with one attached hydrogen (secondary N) is 1. The van der Waals surface area contributed by atoms with Crippen molar-refractivity contribution in [3.8, 4) is 5.75 Å². The number of amides is 1. The Balaban J connectivity index is 1.67. The van der Waals surface area contributed by atoms with E-state index in [1.54, 1.807) is 0 Å². The van der Waals surface area contributed by atoms with Gasteiger partial charge in [0.2, 0.25) is 5.91 Å². The van der Waals surface area contributed by atoms with E-state index in [0.717, 1.165) is 42.7 Å². The van der Waals surface area contributed by atoms with Crippen LogP contribution in [0.1, 0.15) is 55.5 Å². The molecule has 1 heterocycles. The van der Waals surface area contributed by atoms with Gasteiger partial charge in [0.1, 0.15) is 17.6 Å². The van der Waals surface area contributed by atoms with Crippen molar-refractivity contribution < 1.29 is 14.1 Å². The van der Waals surface area contributed by atoms with Crippen molar-refractivity contribution >= 4 is 5.91 Å². The first-order chi connectivity index (χ1) is 12.1. The first-order valence-electron chi connectivity index (χ1n) is 9.01. The molecule has 0 saturated heterocycles. The van der Waals surface area contributed by atoms with Crippen LogP contribution in [0.15, 0.2) is 34.9 Å². The number of ether oxygens (including phenoxy) is 1. The lowest BCUT2D eigenvalue weighted by Crippen LogP contribution is -2.48. The lowest BCUT2D eigenvalue weighted by molar-refractivity contribution is -0.124. The van der Waals surface area contributed by atoms with E-state index in [-0.39, 0.29) is 24.0 Å². The van der Waals surface area contributed by atoms with Crippen LogP contribution in [0, 0.1) is 13.8 Å². The molecule has 1 aliphatic carbocycles. The summed E-state index contributed by atoms with van der Waals surface area (Å²) in [4.78, 5) is 12.8. The summed E-state index contributed by atoms with van der Waals surface area (Å²) in [5.41, 5.74) is 1.66. The summed E-state index contributed by atoms with van der Waals surface area (Å²) >= 11 is 0. The van der Waals surface area contributed by atoms with Gasteiger partial charge in [0, 0.05) is 5.56 Å². The predicted molar refractivity (Wildman–Crippen MR) is 95.6 cm³/mol. The van der Waals surface area contributed by atoms with Crippen LogP contribution in [-0.4, -0.2) is 23.2 Å². The molecule has 1 N–H and O–H groups in total. The van der Waals surface area contributed by atoms with Gasteiger partial charge in [-0.3, -0.25) is 4.79 Å². The first kappa shape index (κ1) is 17.5. The largest absolute Gasteiger partial charge is 0.488 e. The lowest BCUT2D eigenvalue weighted by Gasteiger charge is -2.33. The molecule has 1 aliphatic rings. The molecular weight excluding hydrogens is 316 g/mol. The van der Waals surface area contributed by atoms with Gasteiger partial charge < -0.3 is 14.6 Å². The number of hydrogen-bond donors (Lipinski definition) is 1. The van der Waals surface area contributed by atoms with E-state index in [1.807, 2.05) is 51.1 Å². The van der Waals surface area contributed by atoms with E-state index in [2.05, 4.69) is 10.5 Å². The minimum atomic E-state index is -0.287. The molecule has 1 saturated carbocycles. The van der Waals surface area contributed by atoms with Crippen molar-refractivity contribution in [2.75, 3.05) is 0 Å². The standard InChI is InChI=1S/C20H26N2O3/c1-13(19-14(2)22-25-15(19)3)20(23)21-17-11-7-8-12-18(17)24-16-9-5-4-6-10-16/h4-6,9-10,13,17-18H,7-8,11-12H2,1-3H3,(H,21,23)/t13-,17-,18+/m0/s1. The third-order valence-corrected chi connectivity index (χ3v) is 4.98. The fraction of sp³-hybridized carbons (Fsp3) is 0.500. The highest BCUT2D eigenvalue weighted by molar-refractivity contribution is 5.84. The minimum Gasteiger partial charge on any atom is -0.488 e. The Morgan fingerprint density at radius 2 is 1.96 bits per heavy atom. The Bertz CT molecular complexity index is 691. The zero-order valence-corrected chi connectivity index (χ0v) is 15.1. The number of carbonyl (C=O) groups is 1. The summed E-state index contributed by atoms with van der Waals surface area (Å²) < 4.78 is 11.3. The molecule has 0 spiro atoms. The minimum absolute atomic E-state index is 0.00274. The topological polar surface area (TPSA) is 64.4 Å². The first-order valence-corrected chi connectivity index (χ1v) is 9.01. The van der Waals surface area contributed by atoms with Gasteiger partial charge in [-0.15, -0.1) is 0 Å². The normalized spacial score (nSPS) is 21.6. The van der Waals surface area contributed by atoms with E-state index in [4.69, 9.17) is 9.26 Å². The number of hydrogen-bond acceptors (Lipinski definition) is 4. The van der Waals surface area contributed by atoms with Gasteiger partial charge in [0.05, 0.1) is 17.7 Å². The maximum absolute atomic E-state index is 12.8. The van der Waals surface area contributed by atoms with Gasteiger partial charge in [-0.1, -0.05) is 29.8 Å². The van der Waals surface area contributed by atoms with Crippen molar-refractivity contribution in [2.45, 2.75) is 64.5 Å². The third-order valence-electron chi connectivity index (χ3n) is 4.98. The fourth-order valence-corrected chi connectivity index (χ4v) is 3.62. The molecule has 0 radical (unpaired) electrons. The quantitative estimate of drug-likeness (QED) is 0.895. The van der Waals surface area contributed by atoms with Crippen LogP contribution in [0.4, 0.5) is 0 Å². The zero-order chi connectivity index (χ0) is 17.8. The number of nitrogens with zero attached hydrogens (tertiary/aromatic N) is 1. The van der Waals surface area contributed by atoms with E-state index >= 15 is 0 Å². The van der Waals surface area contributed by atoms with Crippen LogP contribution < -0.4 is 10.1 Å². The third kappa shape index (κ3) is 4.03. The van der Waals surface area contributed by atoms with E-state index in [9.17, 15) is 4.79 Å². The zero-order valence-electron chi connectivity index (χ0n) is 15.1. The monoisotopic (exact) mass is 342 g/mol. The average Bonchev–Trinajstić information content (AvgIpc) is 2.95. The highest BCUT2D eigenvalue weighted by Gasteiger charge is 2.31. The summed E-state index contributed by atoms with van der Waals surface area (Å²) in [6, 6.07) is 9.85. The molecule has 0 unspecified atom stereocenters. The summed E-state index contributed by atoms with van der Waals surface area (Å²) in [5, 5.41) is 7.16. The molecule has 25 heavy (non-hydrogen) atoms. The molecule has 3 atom stereocenters. The second-order valence-electron chi connectivity index (χ2n) is 6.83. The van der Waals surface area contributed by atoms with Crippen molar-refractivity contribution in [1.82, 2.24) is 10.5 Å². The molecule has 5 nitrogen and oxygen atoms in total. The molecule has 5 heteroatoms. The average molecular weight is 342 g/mol. The van der Waals surface area contributed by atoms with Crippen molar-refractivity contribution in [3.05, 3.63) is 47.3 Å². The number of aryl methyl sites for hydroxylation is 2. The molecule has 134 valence electrons. The van der Waals surface area contributed by atoms with Crippen LogP contribution in [-0.2, 0) is 4.79 Å². The molecule has 0 aliphatic heterocycles.